The van der Waals surface area contributed by atoms with E-state index in [0.29, 0.717) is 5.56 Å². The zero-order valence-electron chi connectivity index (χ0n) is 6.37. The zero-order chi connectivity index (χ0) is 8.27. The van der Waals surface area contributed by atoms with Gasteiger partial charge >= 0.3 is 0 Å². The lowest BCUT2D eigenvalue weighted by Gasteiger charge is -1.94. The molecular formula is C9H9NO. The van der Waals surface area contributed by atoms with E-state index >= 15 is 0 Å². The third kappa shape index (κ3) is 1.74. The molecule has 1 aromatic carbocycles. The van der Waals surface area contributed by atoms with E-state index in [-0.39, 0.29) is 5.91 Å². The first kappa shape index (κ1) is 7.66. The standard InChI is InChI=1S/C9H9NO/c1-7-3-5-8(6-4-7)9(11)10-2/h3-6H,2H2,1H3. The molecule has 0 aromatic heterocycles. The van der Waals surface area contributed by atoms with E-state index in [2.05, 4.69) is 11.7 Å². The van der Waals surface area contributed by atoms with E-state index in [1.807, 2.05) is 19.1 Å². The van der Waals surface area contributed by atoms with Crippen LogP contribution in [-0.4, -0.2) is 12.6 Å². The second-order valence-corrected chi connectivity index (χ2v) is 2.33. The molecular weight excluding hydrogens is 138 g/mol. The van der Waals surface area contributed by atoms with E-state index < -0.39 is 0 Å². The molecule has 0 atom stereocenters. The summed E-state index contributed by atoms with van der Waals surface area (Å²) in [6.07, 6.45) is 0. The first-order chi connectivity index (χ1) is 5.24. The van der Waals surface area contributed by atoms with Gasteiger partial charge in [-0.1, -0.05) is 17.7 Å². The van der Waals surface area contributed by atoms with Crippen molar-refractivity contribution in [1.82, 2.24) is 0 Å². The van der Waals surface area contributed by atoms with Crippen LogP contribution in [0.5, 0.6) is 0 Å². The lowest BCUT2D eigenvalue weighted by molar-refractivity contribution is 0.100. The predicted molar refractivity (Wildman–Crippen MR) is 45.1 cm³/mol. The van der Waals surface area contributed by atoms with Crippen molar-refractivity contribution < 1.29 is 4.79 Å². The quantitative estimate of drug-likeness (QED) is 0.557. The van der Waals surface area contributed by atoms with Gasteiger partial charge in [0.05, 0.1) is 0 Å². The van der Waals surface area contributed by atoms with Crippen LogP contribution >= 0.6 is 0 Å². The number of aryl methyl sites for hydroxylation is 1. The lowest BCUT2D eigenvalue weighted by atomic mass is 10.1. The van der Waals surface area contributed by atoms with Crippen molar-refractivity contribution in [2.45, 2.75) is 6.92 Å². The fourth-order valence-corrected chi connectivity index (χ4v) is 0.787. The molecule has 2 heteroatoms. The first-order valence-electron chi connectivity index (χ1n) is 3.32. The first-order valence-corrected chi connectivity index (χ1v) is 3.32. The Labute approximate surface area is 65.6 Å². The van der Waals surface area contributed by atoms with Crippen LogP contribution in [0.1, 0.15) is 15.9 Å². The maximum Gasteiger partial charge on any atom is 0.276 e. The van der Waals surface area contributed by atoms with E-state index in [9.17, 15) is 4.79 Å². The van der Waals surface area contributed by atoms with Gasteiger partial charge in [0.2, 0.25) is 0 Å². The highest BCUT2D eigenvalue weighted by Gasteiger charge is 1.99. The molecule has 1 aromatic rings. The SMILES string of the molecule is C=NC(=O)c1ccc(C)cc1. The Hall–Kier alpha value is -1.44. The van der Waals surface area contributed by atoms with Crippen LogP contribution in [0, 0.1) is 6.92 Å². The van der Waals surface area contributed by atoms with Crippen molar-refractivity contribution in [3.63, 3.8) is 0 Å². The number of hydrogen-bond acceptors (Lipinski definition) is 1. The summed E-state index contributed by atoms with van der Waals surface area (Å²) in [6, 6.07) is 7.23. The van der Waals surface area contributed by atoms with Gasteiger partial charge in [0.25, 0.3) is 5.91 Å². The number of rotatable bonds is 1. The number of aliphatic imine (C=N–C) groups is 1. The van der Waals surface area contributed by atoms with Gasteiger partial charge in [-0.2, -0.15) is 0 Å². The summed E-state index contributed by atoms with van der Waals surface area (Å²) in [6.45, 7) is 5.13. The summed E-state index contributed by atoms with van der Waals surface area (Å²) >= 11 is 0. The second-order valence-electron chi connectivity index (χ2n) is 2.33. The fraction of sp³-hybridized carbons (Fsp3) is 0.111. The maximum absolute atomic E-state index is 10.9. The number of carbonyl (C=O) groups is 1. The monoisotopic (exact) mass is 147 g/mol. The van der Waals surface area contributed by atoms with Gasteiger partial charge in [-0.25, -0.2) is 4.99 Å². The molecule has 1 amide bonds. The Kier molecular flexibility index (Phi) is 2.16. The van der Waals surface area contributed by atoms with Crippen LogP contribution in [0.2, 0.25) is 0 Å². The van der Waals surface area contributed by atoms with Gasteiger partial charge in [-0.3, -0.25) is 4.79 Å². The van der Waals surface area contributed by atoms with E-state index in [4.69, 9.17) is 0 Å². The Morgan fingerprint density at radius 3 is 2.36 bits per heavy atom. The van der Waals surface area contributed by atoms with Gasteiger partial charge < -0.3 is 0 Å². The van der Waals surface area contributed by atoms with Crippen molar-refractivity contribution in [2.24, 2.45) is 4.99 Å². The average Bonchev–Trinajstić information content (AvgIpc) is 2.05. The van der Waals surface area contributed by atoms with Crippen molar-refractivity contribution in [2.75, 3.05) is 0 Å². The van der Waals surface area contributed by atoms with Crippen molar-refractivity contribution in [1.29, 1.82) is 0 Å². The second kappa shape index (κ2) is 3.10. The number of hydrogen-bond donors (Lipinski definition) is 0. The smallest absolute Gasteiger partial charge is 0.267 e. The Morgan fingerprint density at radius 1 is 1.36 bits per heavy atom. The van der Waals surface area contributed by atoms with Gasteiger partial charge in [0.15, 0.2) is 0 Å². The van der Waals surface area contributed by atoms with Crippen LogP contribution in [0.15, 0.2) is 29.3 Å². The van der Waals surface area contributed by atoms with Gasteiger partial charge in [-0.15, -0.1) is 0 Å². The molecule has 1 rings (SSSR count). The molecule has 0 aliphatic heterocycles. The third-order valence-electron chi connectivity index (χ3n) is 1.44. The van der Waals surface area contributed by atoms with Gasteiger partial charge in [-0.05, 0) is 25.8 Å². The molecule has 0 bridgehead atoms. The minimum atomic E-state index is -0.273. The molecule has 56 valence electrons. The molecule has 0 heterocycles. The lowest BCUT2D eigenvalue weighted by Crippen LogP contribution is -1.92. The molecule has 11 heavy (non-hydrogen) atoms. The highest BCUT2D eigenvalue weighted by atomic mass is 16.1. The molecule has 0 radical (unpaired) electrons. The largest absolute Gasteiger partial charge is 0.276 e. The number of benzene rings is 1. The van der Waals surface area contributed by atoms with Gasteiger partial charge in [0.1, 0.15) is 0 Å². The molecule has 0 fully saturated rings. The number of nitrogens with zero attached hydrogens (tertiary/aromatic N) is 1. The summed E-state index contributed by atoms with van der Waals surface area (Å²) in [5.74, 6) is -0.273. The molecule has 0 saturated heterocycles. The minimum absolute atomic E-state index is 0.273. The van der Waals surface area contributed by atoms with E-state index in [1.54, 1.807) is 12.1 Å². The molecule has 0 N–H and O–H groups in total. The van der Waals surface area contributed by atoms with Crippen LogP contribution in [0.3, 0.4) is 0 Å². The van der Waals surface area contributed by atoms with Crippen LogP contribution in [0.4, 0.5) is 0 Å². The Morgan fingerprint density at radius 2 is 1.91 bits per heavy atom. The highest BCUT2D eigenvalue weighted by molar-refractivity contribution is 5.96. The minimum Gasteiger partial charge on any atom is -0.267 e. The molecule has 2 nitrogen and oxygen atoms in total. The Bertz CT molecular complexity index is 274. The summed E-state index contributed by atoms with van der Waals surface area (Å²) in [4.78, 5) is 14.2. The third-order valence-corrected chi connectivity index (χ3v) is 1.44. The normalized spacial score (nSPS) is 9.18. The molecule has 0 aliphatic carbocycles. The van der Waals surface area contributed by atoms with Crippen molar-refractivity contribution in [3.8, 4) is 0 Å². The number of carbonyl (C=O) groups excluding carboxylic acids is 1. The highest BCUT2D eigenvalue weighted by Crippen LogP contribution is 2.03. The molecule has 0 saturated carbocycles. The van der Waals surface area contributed by atoms with Crippen LogP contribution in [-0.2, 0) is 0 Å². The van der Waals surface area contributed by atoms with E-state index in [0.717, 1.165) is 5.56 Å². The predicted octanol–water partition coefficient (Wildman–Crippen LogP) is 1.84. The summed E-state index contributed by atoms with van der Waals surface area (Å²) in [7, 11) is 0. The topological polar surface area (TPSA) is 29.4 Å². The average molecular weight is 147 g/mol. The van der Waals surface area contributed by atoms with Crippen molar-refractivity contribution in [3.05, 3.63) is 35.4 Å². The molecule has 0 aliphatic rings. The van der Waals surface area contributed by atoms with Gasteiger partial charge in [0, 0.05) is 5.56 Å². The van der Waals surface area contributed by atoms with Crippen molar-refractivity contribution >= 4 is 12.6 Å². The Balaban J connectivity index is 2.98. The summed E-state index contributed by atoms with van der Waals surface area (Å²) in [5, 5.41) is 0. The van der Waals surface area contributed by atoms with Crippen LogP contribution < -0.4 is 0 Å². The maximum atomic E-state index is 10.9. The number of amides is 1. The molecule has 0 unspecified atom stereocenters. The van der Waals surface area contributed by atoms with Crippen LogP contribution in [0.25, 0.3) is 0 Å². The molecule has 0 spiro atoms. The summed E-state index contributed by atoms with van der Waals surface area (Å²) < 4.78 is 0. The zero-order valence-corrected chi connectivity index (χ0v) is 6.37. The fourth-order valence-electron chi connectivity index (χ4n) is 0.787. The summed E-state index contributed by atoms with van der Waals surface area (Å²) in [5.41, 5.74) is 1.72. The van der Waals surface area contributed by atoms with E-state index in [1.165, 1.54) is 0 Å².